The van der Waals surface area contributed by atoms with Gasteiger partial charge in [-0.2, -0.15) is 4.31 Å². The first-order chi connectivity index (χ1) is 14.4. The molecule has 8 nitrogen and oxygen atoms in total. The predicted octanol–water partition coefficient (Wildman–Crippen LogP) is 1.85. The van der Waals surface area contributed by atoms with E-state index < -0.39 is 15.9 Å². The highest BCUT2D eigenvalue weighted by atomic mass is 32.2. The molecule has 1 saturated heterocycles. The number of nitrogens with one attached hydrogen (secondary N) is 2. The van der Waals surface area contributed by atoms with Crippen LogP contribution < -0.4 is 15.4 Å². The van der Waals surface area contributed by atoms with E-state index in [4.69, 9.17) is 4.74 Å². The Kier molecular flexibility index (Phi) is 7.07. The molecule has 2 aromatic rings. The Hall–Kier alpha value is -2.91. The zero-order chi connectivity index (χ0) is 21.6. The third-order valence-corrected chi connectivity index (χ3v) is 6.81. The fourth-order valence-corrected chi connectivity index (χ4v) is 4.85. The number of methoxy groups -OCH3 is 1. The van der Waals surface area contributed by atoms with E-state index in [1.54, 1.807) is 61.7 Å². The molecule has 0 aliphatic carbocycles. The molecule has 2 N–H and O–H groups in total. The minimum absolute atomic E-state index is 0.100. The van der Waals surface area contributed by atoms with Crippen molar-refractivity contribution in [2.45, 2.75) is 17.7 Å². The summed E-state index contributed by atoms with van der Waals surface area (Å²) in [5, 5.41) is 5.30. The molecule has 0 spiro atoms. The lowest BCUT2D eigenvalue weighted by Gasteiger charge is -2.31. The maximum Gasteiger partial charge on any atom is 0.243 e. The Labute approximate surface area is 176 Å². The zero-order valence-electron chi connectivity index (χ0n) is 16.7. The summed E-state index contributed by atoms with van der Waals surface area (Å²) < 4.78 is 32.0. The van der Waals surface area contributed by atoms with Crippen molar-refractivity contribution in [1.82, 2.24) is 9.62 Å². The minimum Gasteiger partial charge on any atom is -0.497 e. The maximum absolute atomic E-state index is 12.8. The lowest BCUT2D eigenvalue weighted by molar-refractivity contribution is -0.128. The van der Waals surface area contributed by atoms with Crippen molar-refractivity contribution < 1.29 is 22.7 Å². The monoisotopic (exact) mass is 431 g/mol. The van der Waals surface area contributed by atoms with Crippen LogP contribution in [0.25, 0.3) is 0 Å². The van der Waals surface area contributed by atoms with Gasteiger partial charge in [-0.15, -0.1) is 0 Å². The average molecular weight is 432 g/mol. The van der Waals surface area contributed by atoms with Crippen molar-refractivity contribution in [3.63, 3.8) is 0 Å². The molecule has 3 rings (SSSR count). The number of carbonyl (C=O) groups is 2. The number of piperidine rings is 1. The molecule has 0 radical (unpaired) electrons. The smallest absolute Gasteiger partial charge is 0.243 e. The second-order valence-electron chi connectivity index (χ2n) is 7.01. The Morgan fingerprint density at radius 2 is 1.80 bits per heavy atom. The van der Waals surface area contributed by atoms with E-state index in [9.17, 15) is 18.0 Å². The molecule has 0 bridgehead atoms. The van der Waals surface area contributed by atoms with Crippen LogP contribution in [-0.4, -0.2) is 51.3 Å². The first kappa shape index (κ1) is 21.8. The first-order valence-corrected chi connectivity index (χ1v) is 11.1. The molecule has 1 atom stereocenters. The standard InChI is InChI=1S/C21H25N3O5S/c1-29-18-11-9-17(10-12-18)23-20(25)14-22-21(26)16-6-5-13-24(15-16)30(27,28)19-7-3-2-4-8-19/h2-4,7-12,16H,5-6,13-15H2,1H3,(H,22,26)(H,23,25)/t16-/m1/s1. The number of nitrogens with zero attached hydrogens (tertiary/aromatic N) is 1. The number of amides is 2. The summed E-state index contributed by atoms with van der Waals surface area (Å²) in [4.78, 5) is 24.8. The van der Waals surface area contributed by atoms with Crippen LogP contribution in [0.4, 0.5) is 5.69 Å². The van der Waals surface area contributed by atoms with Crippen LogP contribution in [0.1, 0.15) is 12.8 Å². The quantitative estimate of drug-likeness (QED) is 0.696. The Bertz CT molecular complexity index is 977. The summed E-state index contributed by atoms with van der Waals surface area (Å²) in [6.07, 6.45) is 1.16. The Balaban J connectivity index is 1.53. The molecule has 1 heterocycles. The van der Waals surface area contributed by atoms with Gasteiger partial charge in [0.15, 0.2) is 0 Å². The number of rotatable bonds is 7. The molecule has 0 unspecified atom stereocenters. The van der Waals surface area contributed by atoms with Crippen LogP contribution in [0.15, 0.2) is 59.5 Å². The highest BCUT2D eigenvalue weighted by Crippen LogP contribution is 2.23. The van der Waals surface area contributed by atoms with E-state index in [2.05, 4.69) is 10.6 Å². The van der Waals surface area contributed by atoms with Gasteiger partial charge in [-0.05, 0) is 49.2 Å². The summed E-state index contributed by atoms with van der Waals surface area (Å²) in [6, 6.07) is 15.0. The van der Waals surface area contributed by atoms with Crippen LogP contribution >= 0.6 is 0 Å². The van der Waals surface area contributed by atoms with E-state index in [-0.39, 0.29) is 29.8 Å². The lowest BCUT2D eigenvalue weighted by atomic mass is 9.99. The van der Waals surface area contributed by atoms with Gasteiger partial charge in [0.25, 0.3) is 0 Å². The van der Waals surface area contributed by atoms with Crippen LogP contribution in [-0.2, 0) is 19.6 Å². The molecule has 160 valence electrons. The summed E-state index contributed by atoms with van der Waals surface area (Å²) in [7, 11) is -2.09. The molecule has 9 heteroatoms. The molecular weight excluding hydrogens is 406 g/mol. The first-order valence-electron chi connectivity index (χ1n) is 9.67. The number of anilines is 1. The predicted molar refractivity (Wildman–Crippen MR) is 113 cm³/mol. The van der Waals surface area contributed by atoms with Gasteiger partial charge in [0.1, 0.15) is 5.75 Å². The number of sulfonamides is 1. The Morgan fingerprint density at radius 1 is 1.10 bits per heavy atom. The molecular formula is C21H25N3O5S. The second kappa shape index (κ2) is 9.73. The molecule has 30 heavy (non-hydrogen) atoms. The van der Waals surface area contributed by atoms with Gasteiger partial charge in [-0.3, -0.25) is 9.59 Å². The normalized spacial score (nSPS) is 17.2. The van der Waals surface area contributed by atoms with E-state index >= 15 is 0 Å². The van der Waals surface area contributed by atoms with Gasteiger partial charge in [-0.1, -0.05) is 18.2 Å². The van der Waals surface area contributed by atoms with Crippen LogP contribution in [0.2, 0.25) is 0 Å². The van der Waals surface area contributed by atoms with Gasteiger partial charge < -0.3 is 15.4 Å². The number of benzene rings is 2. The van der Waals surface area contributed by atoms with Crippen molar-refractivity contribution in [3.8, 4) is 5.75 Å². The van der Waals surface area contributed by atoms with Crippen molar-refractivity contribution >= 4 is 27.5 Å². The second-order valence-corrected chi connectivity index (χ2v) is 8.95. The van der Waals surface area contributed by atoms with E-state index in [1.165, 1.54) is 4.31 Å². The number of ether oxygens (including phenoxy) is 1. The molecule has 1 fully saturated rings. The zero-order valence-corrected chi connectivity index (χ0v) is 17.5. The SMILES string of the molecule is COc1ccc(NC(=O)CNC(=O)[C@@H]2CCCN(S(=O)(=O)c3ccccc3)C2)cc1. The average Bonchev–Trinajstić information content (AvgIpc) is 2.78. The molecule has 2 amide bonds. The maximum atomic E-state index is 12.8. The third kappa shape index (κ3) is 5.37. The fraction of sp³-hybridized carbons (Fsp3) is 0.333. The van der Waals surface area contributed by atoms with Crippen molar-refractivity contribution in [2.24, 2.45) is 5.92 Å². The minimum atomic E-state index is -3.64. The molecule has 1 aliphatic heterocycles. The highest BCUT2D eigenvalue weighted by molar-refractivity contribution is 7.89. The topological polar surface area (TPSA) is 105 Å². The van der Waals surface area contributed by atoms with Crippen molar-refractivity contribution in [1.29, 1.82) is 0 Å². The summed E-state index contributed by atoms with van der Waals surface area (Å²) >= 11 is 0. The van der Waals surface area contributed by atoms with Gasteiger partial charge in [0.05, 0.1) is 24.5 Å². The van der Waals surface area contributed by atoms with Crippen LogP contribution in [0.5, 0.6) is 5.75 Å². The van der Waals surface area contributed by atoms with Crippen LogP contribution in [0.3, 0.4) is 0 Å². The van der Waals surface area contributed by atoms with Crippen LogP contribution in [0, 0.1) is 5.92 Å². The van der Waals surface area contributed by atoms with Gasteiger partial charge in [0.2, 0.25) is 21.8 Å². The van der Waals surface area contributed by atoms with Crippen molar-refractivity contribution in [3.05, 3.63) is 54.6 Å². The third-order valence-electron chi connectivity index (χ3n) is 4.93. The van der Waals surface area contributed by atoms with Gasteiger partial charge in [-0.25, -0.2) is 8.42 Å². The largest absolute Gasteiger partial charge is 0.497 e. The Morgan fingerprint density at radius 3 is 2.47 bits per heavy atom. The summed E-state index contributed by atoms with van der Waals surface area (Å²) in [6.45, 7) is 0.287. The van der Waals surface area contributed by atoms with E-state index in [0.717, 1.165) is 0 Å². The van der Waals surface area contributed by atoms with E-state index in [1.807, 2.05) is 0 Å². The van der Waals surface area contributed by atoms with Crippen molar-refractivity contribution in [2.75, 3.05) is 32.1 Å². The lowest BCUT2D eigenvalue weighted by Crippen LogP contribution is -2.46. The van der Waals surface area contributed by atoms with E-state index in [0.29, 0.717) is 30.8 Å². The van der Waals surface area contributed by atoms with Gasteiger partial charge >= 0.3 is 0 Å². The van der Waals surface area contributed by atoms with Gasteiger partial charge in [0, 0.05) is 18.8 Å². The summed E-state index contributed by atoms with van der Waals surface area (Å²) in [5.74, 6) is -0.509. The number of hydrogen-bond donors (Lipinski definition) is 2. The molecule has 1 aliphatic rings. The summed E-state index contributed by atoms with van der Waals surface area (Å²) in [5.41, 5.74) is 0.591. The number of carbonyl (C=O) groups excluding carboxylic acids is 2. The molecule has 2 aromatic carbocycles. The number of hydrogen-bond acceptors (Lipinski definition) is 5. The fourth-order valence-electron chi connectivity index (χ4n) is 3.31. The molecule has 0 saturated carbocycles. The highest BCUT2D eigenvalue weighted by Gasteiger charge is 2.33. The molecule has 0 aromatic heterocycles.